The molecule has 0 bridgehead atoms. The molecule has 2 rings (SSSR count). The summed E-state index contributed by atoms with van der Waals surface area (Å²) in [6.45, 7) is 2.06. The molecule has 23 heavy (non-hydrogen) atoms. The van der Waals surface area contributed by atoms with Gasteiger partial charge < -0.3 is 14.1 Å². The average molecular weight is 377 g/mol. The van der Waals surface area contributed by atoms with Crippen LogP contribution in [0.1, 0.15) is 29.7 Å². The van der Waals surface area contributed by atoms with Crippen molar-refractivity contribution in [3.8, 4) is 11.8 Å². The van der Waals surface area contributed by atoms with Crippen molar-refractivity contribution in [2.45, 2.75) is 26.0 Å². The number of rotatable bonds is 6. The highest BCUT2D eigenvalue weighted by Crippen LogP contribution is 2.20. The van der Waals surface area contributed by atoms with Gasteiger partial charge in [0.15, 0.2) is 5.76 Å². The summed E-state index contributed by atoms with van der Waals surface area (Å²) in [6.07, 6.45) is 0.280. The highest BCUT2D eigenvalue weighted by molar-refractivity contribution is 9.10. The van der Waals surface area contributed by atoms with Gasteiger partial charge in [-0.2, -0.15) is 5.26 Å². The third-order valence-electron chi connectivity index (χ3n) is 3.42. The number of nitriles is 1. The number of carbonyl (C=O) groups excluding carboxylic acids is 1. The first-order chi connectivity index (χ1) is 11.0. The van der Waals surface area contributed by atoms with Crippen molar-refractivity contribution >= 4 is 21.8 Å². The normalized spacial score (nSPS) is 11.6. The van der Waals surface area contributed by atoms with Gasteiger partial charge in [-0.15, -0.1) is 0 Å². The number of hydrogen-bond acceptors (Lipinski definition) is 4. The topological polar surface area (TPSA) is 66.5 Å². The van der Waals surface area contributed by atoms with Crippen LogP contribution in [0.25, 0.3) is 0 Å². The Kier molecular flexibility index (Phi) is 5.83. The molecule has 0 saturated carbocycles. The molecule has 0 aliphatic heterocycles. The van der Waals surface area contributed by atoms with Crippen LogP contribution in [0.15, 0.2) is 45.3 Å². The molecule has 0 spiro atoms. The van der Waals surface area contributed by atoms with Crippen LogP contribution < -0.4 is 4.74 Å². The summed E-state index contributed by atoms with van der Waals surface area (Å²) in [5.74, 6) is 1.27. The molecular formula is C17H17BrN2O3. The lowest BCUT2D eigenvalue weighted by Gasteiger charge is -2.21. The third kappa shape index (κ3) is 4.60. The molecule has 1 atom stereocenters. The van der Waals surface area contributed by atoms with E-state index in [2.05, 4.69) is 22.0 Å². The largest absolute Gasteiger partial charge is 0.486 e. The molecule has 1 heterocycles. The molecular weight excluding hydrogens is 360 g/mol. The molecule has 0 N–H and O–H groups in total. The summed E-state index contributed by atoms with van der Waals surface area (Å²) >= 11 is 3.38. The van der Waals surface area contributed by atoms with Crippen LogP contribution in [-0.4, -0.2) is 23.9 Å². The first kappa shape index (κ1) is 17.1. The van der Waals surface area contributed by atoms with Crippen molar-refractivity contribution in [2.24, 2.45) is 0 Å². The second kappa shape index (κ2) is 7.84. The highest BCUT2D eigenvalue weighted by Gasteiger charge is 2.20. The maximum atomic E-state index is 12.3. The van der Waals surface area contributed by atoms with E-state index in [-0.39, 0.29) is 30.7 Å². The van der Waals surface area contributed by atoms with E-state index in [1.54, 1.807) is 19.2 Å². The van der Waals surface area contributed by atoms with E-state index in [1.165, 1.54) is 4.90 Å². The van der Waals surface area contributed by atoms with Gasteiger partial charge in [0.25, 0.3) is 5.91 Å². The summed E-state index contributed by atoms with van der Waals surface area (Å²) in [7, 11) is 1.66. The molecule has 0 saturated heterocycles. The Balaban J connectivity index is 1.97. The van der Waals surface area contributed by atoms with E-state index in [0.717, 1.165) is 4.47 Å². The number of benzene rings is 1. The minimum Gasteiger partial charge on any atom is -0.486 e. The Hall–Kier alpha value is -2.26. The summed E-state index contributed by atoms with van der Waals surface area (Å²) in [6, 6.07) is 12.7. The molecule has 0 radical (unpaired) electrons. The van der Waals surface area contributed by atoms with Crippen LogP contribution >= 0.6 is 15.9 Å². The second-order valence-corrected chi connectivity index (χ2v) is 6.06. The van der Waals surface area contributed by atoms with E-state index < -0.39 is 0 Å². The lowest BCUT2D eigenvalue weighted by atomic mass is 10.2. The second-order valence-electron chi connectivity index (χ2n) is 5.14. The van der Waals surface area contributed by atoms with Gasteiger partial charge in [0.05, 0.1) is 12.5 Å². The minimum atomic E-state index is -0.249. The Morgan fingerprint density at radius 1 is 1.43 bits per heavy atom. The lowest BCUT2D eigenvalue weighted by molar-refractivity contribution is 0.0710. The molecule has 120 valence electrons. The SMILES string of the molecule is CC(CC#N)N(C)C(=O)c1ccc(COc2cccc(Br)c2)o1. The summed E-state index contributed by atoms with van der Waals surface area (Å²) < 4.78 is 12.1. The van der Waals surface area contributed by atoms with Crippen molar-refractivity contribution in [3.05, 3.63) is 52.4 Å². The lowest BCUT2D eigenvalue weighted by Crippen LogP contribution is -2.34. The fourth-order valence-electron chi connectivity index (χ4n) is 1.92. The molecule has 1 unspecified atom stereocenters. The molecule has 0 aliphatic rings. The van der Waals surface area contributed by atoms with E-state index in [9.17, 15) is 4.79 Å². The molecule has 0 aliphatic carbocycles. The first-order valence-electron chi connectivity index (χ1n) is 7.12. The van der Waals surface area contributed by atoms with Gasteiger partial charge in [-0.3, -0.25) is 4.79 Å². The fourth-order valence-corrected chi connectivity index (χ4v) is 2.30. The fraction of sp³-hybridized carbons (Fsp3) is 0.294. The number of carbonyl (C=O) groups is 1. The van der Waals surface area contributed by atoms with Crippen molar-refractivity contribution in [3.63, 3.8) is 0 Å². The molecule has 0 fully saturated rings. The Morgan fingerprint density at radius 3 is 2.91 bits per heavy atom. The third-order valence-corrected chi connectivity index (χ3v) is 3.91. The van der Waals surface area contributed by atoms with Crippen molar-refractivity contribution < 1.29 is 13.9 Å². The van der Waals surface area contributed by atoms with Crippen LogP contribution in [0.3, 0.4) is 0 Å². The summed E-state index contributed by atoms with van der Waals surface area (Å²) in [5.41, 5.74) is 0. The van der Waals surface area contributed by atoms with E-state index in [4.69, 9.17) is 14.4 Å². The van der Waals surface area contributed by atoms with Gasteiger partial charge in [-0.1, -0.05) is 22.0 Å². The van der Waals surface area contributed by atoms with E-state index in [0.29, 0.717) is 11.5 Å². The monoisotopic (exact) mass is 376 g/mol. The van der Waals surface area contributed by atoms with Crippen molar-refractivity contribution in [1.29, 1.82) is 5.26 Å². The molecule has 1 aromatic heterocycles. The first-order valence-corrected chi connectivity index (χ1v) is 7.91. The zero-order valence-electron chi connectivity index (χ0n) is 13.0. The van der Waals surface area contributed by atoms with Crippen LogP contribution in [-0.2, 0) is 6.61 Å². The van der Waals surface area contributed by atoms with Gasteiger partial charge in [-0.25, -0.2) is 0 Å². The number of halogens is 1. The summed E-state index contributed by atoms with van der Waals surface area (Å²) in [4.78, 5) is 13.8. The van der Waals surface area contributed by atoms with Crippen molar-refractivity contribution in [1.82, 2.24) is 4.90 Å². The van der Waals surface area contributed by atoms with Crippen LogP contribution in [0.5, 0.6) is 5.75 Å². The minimum absolute atomic E-state index is 0.168. The van der Waals surface area contributed by atoms with E-state index >= 15 is 0 Å². The molecule has 2 aromatic rings. The number of ether oxygens (including phenoxy) is 1. The number of hydrogen-bond donors (Lipinski definition) is 0. The van der Waals surface area contributed by atoms with Gasteiger partial charge in [0.1, 0.15) is 18.1 Å². The Morgan fingerprint density at radius 2 is 2.22 bits per heavy atom. The zero-order valence-corrected chi connectivity index (χ0v) is 14.5. The number of nitrogens with zero attached hydrogens (tertiary/aromatic N) is 2. The maximum Gasteiger partial charge on any atom is 0.289 e. The smallest absolute Gasteiger partial charge is 0.289 e. The number of amides is 1. The summed E-state index contributed by atoms with van der Waals surface area (Å²) in [5, 5.41) is 8.71. The van der Waals surface area contributed by atoms with Crippen LogP contribution in [0, 0.1) is 11.3 Å². The number of furan rings is 1. The predicted molar refractivity (Wildman–Crippen MR) is 89.0 cm³/mol. The predicted octanol–water partition coefficient (Wildman–Crippen LogP) is 4.00. The van der Waals surface area contributed by atoms with Gasteiger partial charge >= 0.3 is 0 Å². The highest BCUT2D eigenvalue weighted by atomic mass is 79.9. The Labute approximate surface area is 143 Å². The zero-order chi connectivity index (χ0) is 16.8. The van der Waals surface area contributed by atoms with Crippen LogP contribution in [0.2, 0.25) is 0 Å². The molecule has 6 heteroatoms. The van der Waals surface area contributed by atoms with Gasteiger partial charge in [0, 0.05) is 17.6 Å². The molecule has 5 nitrogen and oxygen atoms in total. The Bertz CT molecular complexity index is 721. The van der Waals surface area contributed by atoms with E-state index in [1.807, 2.05) is 31.2 Å². The average Bonchev–Trinajstić information content (AvgIpc) is 3.01. The quantitative estimate of drug-likeness (QED) is 0.763. The molecule has 1 aromatic carbocycles. The van der Waals surface area contributed by atoms with Gasteiger partial charge in [0.2, 0.25) is 0 Å². The maximum absolute atomic E-state index is 12.3. The van der Waals surface area contributed by atoms with Crippen LogP contribution in [0.4, 0.5) is 0 Å². The standard InChI is InChI=1S/C17H17BrN2O3/c1-12(8-9-19)20(2)17(21)16-7-6-15(23-16)11-22-14-5-3-4-13(18)10-14/h3-7,10,12H,8,11H2,1-2H3. The molecule has 1 amide bonds. The van der Waals surface area contributed by atoms with Gasteiger partial charge in [-0.05, 0) is 37.3 Å². The van der Waals surface area contributed by atoms with Crippen molar-refractivity contribution in [2.75, 3.05) is 7.05 Å².